The van der Waals surface area contributed by atoms with Crippen molar-refractivity contribution in [2.45, 2.75) is 25.7 Å². The van der Waals surface area contributed by atoms with Gasteiger partial charge >= 0.3 is 0 Å². The molecular formula is C13H18N4O3. The molecule has 1 heterocycles. The molecule has 1 aromatic carbocycles. The second-order valence-electron chi connectivity index (χ2n) is 4.84. The Morgan fingerprint density at radius 3 is 2.45 bits per heavy atom. The first-order chi connectivity index (χ1) is 9.63. The molecule has 1 aliphatic heterocycles. The predicted molar refractivity (Wildman–Crippen MR) is 75.3 cm³/mol. The first-order valence-electron chi connectivity index (χ1n) is 6.68. The summed E-state index contributed by atoms with van der Waals surface area (Å²) in [7, 11) is 0. The lowest BCUT2D eigenvalue weighted by molar-refractivity contribution is -0.385. The Hall–Kier alpha value is -2.15. The lowest BCUT2D eigenvalue weighted by Gasteiger charge is -2.20. The van der Waals surface area contributed by atoms with Crippen molar-refractivity contribution in [3.63, 3.8) is 0 Å². The summed E-state index contributed by atoms with van der Waals surface area (Å²) in [4.78, 5) is 24.7. The molecule has 0 saturated carbocycles. The molecule has 0 aromatic heterocycles. The number of nitrogens with zero attached hydrogens (tertiary/aromatic N) is 2. The average molecular weight is 278 g/mol. The highest BCUT2D eigenvalue weighted by molar-refractivity contribution is 5.99. The molecule has 2 rings (SSSR count). The highest BCUT2D eigenvalue weighted by atomic mass is 16.6. The molecule has 108 valence electrons. The zero-order valence-corrected chi connectivity index (χ0v) is 11.2. The van der Waals surface area contributed by atoms with E-state index in [4.69, 9.17) is 5.84 Å². The summed E-state index contributed by atoms with van der Waals surface area (Å²) >= 11 is 0. The highest BCUT2D eigenvalue weighted by Gasteiger charge is 2.25. The Kier molecular flexibility index (Phi) is 4.52. The van der Waals surface area contributed by atoms with Crippen molar-refractivity contribution in [3.8, 4) is 0 Å². The Bertz CT molecular complexity index is 510. The molecule has 1 aromatic rings. The molecule has 1 aliphatic rings. The maximum absolute atomic E-state index is 12.5. The number of carbonyl (C=O) groups is 1. The predicted octanol–water partition coefficient (Wildman–Crippen LogP) is 1.90. The van der Waals surface area contributed by atoms with Gasteiger partial charge in [-0.2, -0.15) is 0 Å². The molecular weight excluding hydrogens is 260 g/mol. The van der Waals surface area contributed by atoms with Crippen LogP contribution in [-0.2, 0) is 0 Å². The minimum Gasteiger partial charge on any atom is -0.338 e. The van der Waals surface area contributed by atoms with Crippen LogP contribution in [0.3, 0.4) is 0 Å². The molecule has 7 nitrogen and oxygen atoms in total. The second-order valence-corrected chi connectivity index (χ2v) is 4.84. The normalized spacial score (nSPS) is 15.6. The molecule has 0 radical (unpaired) electrons. The van der Waals surface area contributed by atoms with E-state index < -0.39 is 4.92 Å². The molecule has 3 N–H and O–H groups in total. The van der Waals surface area contributed by atoms with Crippen molar-refractivity contribution in [2.24, 2.45) is 5.84 Å². The van der Waals surface area contributed by atoms with Gasteiger partial charge in [-0.3, -0.25) is 20.8 Å². The first-order valence-corrected chi connectivity index (χ1v) is 6.68. The van der Waals surface area contributed by atoms with Gasteiger partial charge < -0.3 is 10.3 Å². The fourth-order valence-corrected chi connectivity index (χ4v) is 2.40. The van der Waals surface area contributed by atoms with Gasteiger partial charge in [-0.25, -0.2) is 0 Å². The molecule has 0 spiro atoms. The first kappa shape index (κ1) is 14.3. The molecule has 0 aliphatic carbocycles. The molecule has 1 saturated heterocycles. The summed E-state index contributed by atoms with van der Waals surface area (Å²) in [6.07, 6.45) is 4.06. The largest absolute Gasteiger partial charge is 0.338 e. The number of nitro groups is 1. The number of rotatable bonds is 3. The molecule has 0 unspecified atom stereocenters. The number of nitrogen functional groups attached to an aromatic ring is 1. The van der Waals surface area contributed by atoms with Crippen molar-refractivity contribution in [1.82, 2.24) is 4.90 Å². The van der Waals surface area contributed by atoms with Crippen LogP contribution in [0.4, 0.5) is 11.4 Å². The number of nitrogens with one attached hydrogen (secondary N) is 1. The number of hydrazine groups is 1. The van der Waals surface area contributed by atoms with Gasteiger partial charge in [0.25, 0.3) is 11.6 Å². The van der Waals surface area contributed by atoms with Crippen LogP contribution in [0, 0.1) is 10.1 Å². The number of benzene rings is 1. The van der Waals surface area contributed by atoms with Crippen molar-refractivity contribution in [3.05, 3.63) is 33.9 Å². The lowest BCUT2D eigenvalue weighted by atomic mass is 10.1. The van der Waals surface area contributed by atoms with E-state index in [0.29, 0.717) is 18.8 Å². The zero-order valence-electron chi connectivity index (χ0n) is 11.2. The fourth-order valence-electron chi connectivity index (χ4n) is 2.40. The molecule has 0 atom stereocenters. The number of nitro benzene ring substituents is 1. The molecule has 20 heavy (non-hydrogen) atoms. The maximum Gasteiger partial charge on any atom is 0.282 e. The van der Waals surface area contributed by atoms with E-state index in [2.05, 4.69) is 5.43 Å². The number of hydrogen-bond donors (Lipinski definition) is 2. The van der Waals surface area contributed by atoms with Crippen LogP contribution in [0.25, 0.3) is 0 Å². The van der Waals surface area contributed by atoms with Gasteiger partial charge in [-0.1, -0.05) is 12.8 Å². The number of hydrogen-bond acceptors (Lipinski definition) is 5. The number of carbonyl (C=O) groups excluding carboxylic acids is 1. The monoisotopic (exact) mass is 278 g/mol. The minimum absolute atomic E-state index is 0.0901. The molecule has 7 heteroatoms. The van der Waals surface area contributed by atoms with Crippen LogP contribution in [0.15, 0.2) is 18.2 Å². The number of anilines is 1. The van der Waals surface area contributed by atoms with Crippen LogP contribution < -0.4 is 11.3 Å². The Morgan fingerprint density at radius 2 is 1.90 bits per heavy atom. The maximum atomic E-state index is 12.5. The number of amides is 1. The quantitative estimate of drug-likeness (QED) is 0.499. The van der Waals surface area contributed by atoms with Crippen molar-refractivity contribution in [1.29, 1.82) is 0 Å². The lowest BCUT2D eigenvalue weighted by Crippen LogP contribution is -2.32. The molecule has 1 amide bonds. The van der Waals surface area contributed by atoms with Gasteiger partial charge in [0.05, 0.1) is 4.92 Å². The SMILES string of the molecule is NNc1ccc([N+](=O)[O-])c(C(=O)N2CCCCCC2)c1. The Balaban J connectivity index is 2.33. The fraction of sp³-hybridized carbons (Fsp3) is 0.462. The summed E-state index contributed by atoms with van der Waals surface area (Å²) in [5, 5.41) is 11.1. The average Bonchev–Trinajstić information content (AvgIpc) is 2.74. The van der Waals surface area contributed by atoms with Gasteiger partial charge in [0.15, 0.2) is 0 Å². The van der Waals surface area contributed by atoms with E-state index >= 15 is 0 Å². The Morgan fingerprint density at radius 1 is 1.25 bits per heavy atom. The van der Waals surface area contributed by atoms with Crippen LogP contribution in [0.1, 0.15) is 36.0 Å². The second kappa shape index (κ2) is 6.33. The van der Waals surface area contributed by atoms with Crippen molar-refractivity contribution < 1.29 is 9.72 Å². The van der Waals surface area contributed by atoms with Crippen molar-refractivity contribution in [2.75, 3.05) is 18.5 Å². The van der Waals surface area contributed by atoms with Crippen LogP contribution in [-0.4, -0.2) is 28.8 Å². The van der Waals surface area contributed by atoms with Crippen molar-refractivity contribution >= 4 is 17.3 Å². The van der Waals surface area contributed by atoms with E-state index in [1.807, 2.05) is 0 Å². The molecule has 0 bridgehead atoms. The Labute approximate surface area is 116 Å². The zero-order chi connectivity index (χ0) is 14.5. The van der Waals surface area contributed by atoms with E-state index in [1.165, 1.54) is 18.2 Å². The van der Waals surface area contributed by atoms with Crippen LogP contribution in [0.2, 0.25) is 0 Å². The van der Waals surface area contributed by atoms with Gasteiger partial charge in [0.2, 0.25) is 0 Å². The standard InChI is InChI=1S/C13H18N4O3/c14-15-10-5-6-12(17(19)20)11(9-10)13(18)16-7-3-1-2-4-8-16/h5-6,9,15H,1-4,7-8,14H2. The van der Waals surface area contributed by atoms with Crippen LogP contribution in [0.5, 0.6) is 0 Å². The molecule has 1 fully saturated rings. The summed E-state index contributed by atoms with van der Waals surface area (Å²) in [6.45, 7) is 1.30. The summed E-state index contributed by atoms with van der Waals surface area (Å²) in [5.74, 6) is 5.01. The van der Waals surface area contributed by atoms with Gasteiger partial charge in [0, 0.05) is 24.8 Å². The third kappa shape index (κ3) is 3.05. The summed E-state index contributed by atoms with van der Waals surface area (Å²) < 4.78 is 0. The van der Waals surface area contributed by atoms with Gasteiger partial charge in [-0.15, -0.1) is 0 Å². The highest BCUT2D eigenvalue weighted by Crippen LogP contribution is 2.25. The van der Waals surface area contributed by atoms with E-state index in [1.54, 1.807) is 4.90 Å². The third-order valence-corrected chi connectivity index (χ3v) is 3.48. The third-order valence-electron chi connectivity index (χ3n) is 3.48. The van der Waals surface area contributed by atoms with E-state index in [-0.39, 0.29) is 17.2 Å². The van der Waals surface area contributed by atoms with E-state index in [9.17, 15) is 14.9 Å². The summed E-state index contributed by atoms with van der Waals surface area (Å²) in [5.41, 5.74) is 2.80. The van der Waals surface area contributed by atoms with Gasteiger partial charge in [-0.05, 0) is 25.0 Å². The van der Waals surface area contributed by atoms with E-state index in [0.717, 1.165) is 25.7 Å². The number of likely N-dealkylation sites (tertiary alicyclic amines) is 1. The van der Waals surface area contributed by atoms with Gasteiger partial charge in [0.1, 0.15) is 5.56 Å². The summed E-state index contributed by atoms with van der Waals surface area (Å²) in [6, 6.07) is 4.23. The topological polar surface area (TPSA) is 101 Å². The number of nitrogens with two attached hydrogens (primary N) is 1. The van der Waals surface area contributed by atoms with Crippen LogP contribution >= 0.6 is 0 Å². The minimum atomic E-state index is -0.536. The smallest absolute Gasteiger partial charge is 0.282 e.